The average molecular weight is 324 g/mol. The van der Waals surface area contributed by atoms with E-state index in [1.807, 2.05) is 42.6 Å². The fraction of sp³-hybridized carbons (Fsp3) is 0.278. The Morgan fingerprint density at radius 1 is 1.21 bits per heavy atom. The van der Waals surface area contributed by atoms with Crippen LogP contribution >= 0.6 is 0 Å². The van der Waals surface area contributed by atoms with Crippen molar-refractivity contribution < 1.29 is 9.59 Å². The van der Waals surface area contributed by atoms with E-state index in [2.05, 4.69) is 20.9 Å². The summed E-state index contributed by atoms with van der Waals surface area (Å²) in [6.45, 7) is 1.09. The van der Waals surface area contributed by atoms with Gasteiger partial charge >= 0.3 is 6.03 Å². The molecule has 24 heavy (non-hydrogen) atoms. The first-order chi connectivity index (χ1) is 11.7. The highest BCUT2D eigenvalue weighted by Gasteiger charge is 2.23. The third kappa shape index (κ3) is 4.10. The molecule has 1 atom stereocenters. The van der Waals surface area contributed by atoms with Crippen molar-refractivity contribution in [3.8, 4) is 11.1 Å². The van der Waals surface area contributed by atoms with Crippen LogP contribution in [0.3, 0.4) is 0 Å². The first-order valence-electron chi connectivity index (χ1n) is 8.04. The van der Waals surface area contributed by atoms with E-state index in [1.54, 1.807) is 6.20 Å². The van der Waals surface area contributed by atoms with E-state index >= 15 is 0 Å². The topological polar surface area (TPSA) is 83.1 Å². The zero-order valence-electron chi connectivity index (χ0n) is 13.3. The molecule has 6 heteroatoms. The van der Waals surface area contributed by atoms with Crippen LogP contribution in [0, 0.1) is 0 Å². The van der Waals surface area contributed by atoms with Gasteiger partial charge in [-0.1, -0.05) is 30.3 Å². The van der Waals surface area contributed by atoms with E-state index in [1.165, 1.54) is 0 Å². The number of carbonyl (C=O) groups is 2. The van der Waals surface area contributed by atoms with Crippen molar-refractivity contribution in [1.29, 1.82) is 0 Å². The molecule has 6 nitrogen and oxygen atoms in total. The second-order valence-electron chi connectivity index (χ2n) is 5.75. The molecule has 124 valence electrons. The van der Waals surface area contributed by atoms with Crippen molar-refractivity contribution in [1.82, 2.24) is 20.9 Å². The van der Waals surface area contributed by atoms with Gasteiger partial charge < -0.3 is 16.0 Å². The smallest absolute Gasteiger partial charge is 0.315 e. The number of carbonyl (C=O) groups excluding carboxylic acids is 2. The number of nitrogens with one attached hydrogen (secondary N) is 3. The third-order valence-corrected chi connectivity index (χ3v) is 3.99. The summed E-state index contributed by atoms with van der Waals surface area (Å²) in [6.07, 6.45) is 5.12. The third-order valence-electron chi connectivity index (χ3n) is 3.99. The number of piperidine rings is 1. The zero-order valence-corrected chi connectivity index (χ0v) is 13.3. The van der Waals surface area contributed by atoms with Gasteiger partial charge in [-0.2, -0.15) is 0 Å². The van der Waals surface area contributed by atoms with E-state index in [0.717, 1.165) is 23.1 Å². The molecule has 2 aromatic rings. The second kappa shape index (κ2) is 7.59. The lowest BCUT2D eigenvalue weighted by Gasteiger charge is -2.22. The molecule has 2 heterocycles. The fourth-order valence-electron chi connectivity index (χ4n) is 2.65. The summed E-state index contributed by atoms with van der Waals surface area (Å²) in [5, 5.41) is 8.24. The van der Waals surface area contributed by atoms with Crippen LogP contribution in [0.2, 0.25) is 0 Å². The lowest BCUT2D eigenvalue weighted by Crippen LogP contribution is -2.52. The van der Waals surface area contributed by atoms with Crippen LogP contribution in [0.4, 0.5) is 4.79 Å². The maximum absolute atomic E-state index is 11.9. The normalized spacial score (nSPS) is 17.0. The number of hydrogen-bond donors (Lipinski definition) is 3. The van der Waals surface area contributed by atoms with E-state index in [-0.39, 0.29) is 11.9 Å². The number of amides is 3. The molecule has 0 aliphatic carbocycles. The van der Waals surface area contributed by atoms with Gasteiger partial charge in [0.15, 0.2) is 0 Å². The van der Waals surface area contributed by atoms with Gasteiger partial charge in [0.05, 0.1) is 0 Å². The minimum Gasteiger partial charge on any atom is -0.354 e. The molecule has 1 aromatic heterocycles. The Kier molecular flexibility index (Phi) is 5.05. The van der Waals surface area contributed by atoms with Crippen molar-refractivity contribution >= 4 is 11.9 Å². The highest BCUT2D eigenvalue weighted by atomic mass is 16.2. The van der Waals surface area contributed by atoms with Gasteiger partial charge in [0.25, 0.3) is 0 Å². The molecule has 3 amide bonds. The number of benzene rings is 1. The molecule has 0 radical (unpaired) electrons. The van der Waals surface area contributed by atoms with Crippen LogP contribution in [0.1, 0.15) is 18.4 Å². The minimum atomic E-state index is -0.438. The molecule has 0 bridgehead atoms. The molecular formula is C18H20N4O2. The number of hydrogen-bond acceptors (Lipinski definition) is 3. The van der Waals surface area contributed by atoms with Crippen LogP contribution in [-0.2, 0) is 11.3 Å². The van der Waals surface area contributed by atoms with Gasteiger partial charge in [0.1, 0.15) is 6.04 Å². The van der Waals surface area contributed by atoms with Crippen LogP contribution in [0.15, 0.2) is 48.8 Å². The molecule has 1 aliphatic rings. The summed E-state index contributed by atoms with van der Waals surface area (Å²) in [6, 6.07) is 11.1. The predicted octanol–water partition coefficient (Wildman–Crippen LogP) is 1.83. The number of urea groups is 1. The molecule has 1 aromatic carbocycles. The first-order valence-corrected chi connectivity index (χ1v) is 8.04. The molecule has 0 spiro atoms. The Bertz CT molecular complexity index is 701. The standard InChI is InChI=1S/C18H20N4O2/c23-17-16(4-2-10-20-17)22-18(24)21-11-13-5-7-14(8-6-13)15-3-1-9-19-12-15/h1,3,5-9,12,16H,2,4,10-11H2,(H,20,23)(H2,21,22,24)/t16-/m0/s1. The van der Waals surface area contributed by atoms with Gasteiger partial charge in [-0.15, -0.1) is 0 Å². The highest BCUT2D eigenvalue weighted by molar-refractivity contribution is 5.87. The molecule has 0 saturated carbocycles. The second-order valence-corrected chi connectivity index (χ2v) is 5.75. The van der Waals surface area contributed by atoms with Gasteiger partial charge in [-0.05, 0) is 35.6 Å². The van der Waals surface area contributed by atoms with E-state index in [4.69, 9.17) is 0 Å². The summed E-state index contributed by atoms with van der Waals surface area (Å²) >= 11 is 0. The lowest BCUT2D eigenvalue weighted by molar-refractivity contribution is -0.124. The van der Waals surface area contributed by atoms with Crippen molar-refractivity contribution in [2.75, 3.05) is 6.54 Å². The lowest BCUT2D eigenvalue weighted by atomic mass is 10.1. The molecule has 1 saturated heterocycles. The monoisotopic (exact) mass is 324 g/mol. The minimum absolute atomic E-state index is 0.114. The van der Waals surface area contributed by atoms with Crippen molar-refractivity contribution in [2.45, 2.75) is 25.4 Å². The maximum atomic E-state index is 11.9. The summed E-state index contributed by atoms with van der Waals surface area (Å²) in [5.74, 6) is -0.114. The Morgan fingerprint density at radius 3 is 2.75 bits per heavy atom. The SMILES string of the molecule is O=C(NCc1ccc(-c2cccnc2)cc1)N[C@H]1CCCNC1=O. The van der Waals surface area contributed by atoms with Gasteiger partial charge in [-0.3, -0.25) is 9.78 Å². The van der Waals surface area contributed by atoms with E-state index in [9.17, 15) is 9.59 Å². The highest BCUT2D eigenvalue weighted by Crippen LogP contribution is 2.18. The van der Waals surface area contributed by atoms with Gasteiger partial charge in [0.2, 0.25) is 5.91 Å². The number of pyridine rings is 1. The molecule has 3 rings (SSSR count). The maximum Gasteiger partial charge on any atom is 0.315 e. The van der Waals surface area contributed by atoms with Crippen LogP contribution in [-0.4, -0.2) is 29.5 Å². The summed E-state index contributed by atoms with van der Waals surface area (Å²) in [7, 11) is 0. The quantitative estimate of drug-likeness (QED) is 0.802. The molecule has 3 N–H and O–H groups in total. The number of rotatable bonds is 4. The number of nitrogens with zero attached hydrogens (tertiary/aromatic N) is 1. The van der Waals surface area contributed by atoms with Crippen LogP contribution in [0.25, 0.3) is 11.1 Å². The van der Waals surface area contributed by atoms with E-state index < -0.39 is 6.04 Å². The van der Waals surface area contributed by atoms with Crippen molar-refractivity contribution in [3.05, 3.63) is 54.4 Å². The van der Waals surface area contributed by atoms with Gasteiger partial charge in [0, 0.05) is 25.5 Å². The number of aromatic nitrogens is 1. The Balaban J connectivity index is 1.51. The van der Waals surface area contributed by atoms with Crippen LogP contribution in [0.5, 0.6) is 0 Å². The Hall–Kier alpha value is -2.89. The first kappa shape index (κ1) is 16.0. The largest absolute Gasteiger partial charge is 0.354 e. The molecule has 1 fully saturated rings. The average Bonchev–Trinajstić information content (AvgIpc) is 2.63. The zero-order chi connectivity index (χ0) is 16.8. The summed E-state index contributed by atoms with van der Waals surface area (Å²) < 4.78 is 0. The predicted molar refractivity (Wildman–Crippen MR) is 91.1 cm³/mol. The molecule has 0 unspecified atom stereocenters. The summed E-state index contributed by atoms with van der Waals surface area (Å²) in [5.41, 5.74) is 3.12. The Labute approximate surface area is 140 Å². The van der Waals surface area contributed by atoms with Crippen molar-refractivity contribution in [3.63, 3.8) is 0 Å². The fourth-order valence-corrected chi connectivity index (χ4v) is 2.65. The van der Waals surface area contributed by atoms with Crippen molar-refractivity contribution in [2.24, 2.45) is 0 Å². The molecular weight excluding hydrogens is 304 g/mol. The Morgan fingerprint density at radius 2 is 2.04 bits per heavy atom. The summed E-state index contributed by atoms with van der Waals surface area (Å²) in [4.78, 5) is 27.6. The van der Waals surface area contributed by atoms with Crippen LogP contribution < -0.4 is 16.0 Å². The van der Waals surface area contributed by atoms with E-state index in [0.29, 0.717) is 19.5 Å². The van der Waals surface area contributed by atoms with Gasteiger partial charge in [-0.25, -0.2) is 4.79 Å². The molecule has 1 aliphatic heterocycles.